The largest absolute Gasteiger partial charge is 2.00 e. The van der Waals surface area contributed by atoms with Crippen LogP contribution in [0.1, 0.15) is 132 Å². The van der Waals surface area contributed by atoms with Gasteiger partial charge in [0.1, 0.15) is 0 Å². The molecule has 4 fully saturated rings. The van der Waals surface area contributed by atoms with Crippen LogP contribution in [-0.4, -0.2) is 28.2 Å². The van der Waals surface area contributed by atoms with Gasteiger partial charge in [-0.05, 0) is 136 Å². The average Bonchev–Trinajstić information content (AvgIpc) is 4.23. The van der Waals surface area contributed by atoms with Crippen molar-refractivity contribution >= 4 is 55.6 Å². The van der Waals surface area contributed by atoms with Gasteiger partial charge in [-0.1, -0.05) is 268 Å². The summed E-state index contributed by atoms with van der Waals surface area (Å²) in [5.41, 5.74) is 2.35. The quantitative estimate of drug-likeness (QED) is 0.0779. The molecule has 4 aliphatic carbocycles. The molecule has 4 aliphatic rings. The first-order chi connectivity index (χ1) is 32.0. The van der Waals surface area contributed by atoms with E-state index >= 15 is 0 Å². The molecule has 6 aromatic rings. The normalized spacial score (nSPS) is 18.7. The minimum absolute atomic E-state index is 0. The van der Waals surface area contributed by atoms with Crippen LogP contribution in [0.15, 0.2) is 182 Å². The fraction of sp³-hybridized carbons (Fsp3) is 0.403. The predicted octanol–water partition coefficient (Wildman–Crippen LogP) is 17.7. The van der Waals surface area contributed by atoms with Crippen LogP contribution >= 0.6 is 23.8 Å². The van der Waals surface area contributed by atoms with Gasteiger partial charge in [0, 0.05) is 0 Å². The van der Waals surface area contributed by atoms with Crippen molar-refractivity contribution in [3.63, 3.8) is 0 Å². The molecule has 0 heterocycles. The fourth-order valence-corrected chi connectivity index (χ4v) is 20.8. The van der Waals surface area contributed by atoms with E-state index in [0.29, 0.717) is 11.6 Å². The second-order valence-electron chi connectivity index (χ2n) is 19.1. The Morgan fingerprint density at radius 2 is 0.575 bits per heavy atom. The van der Waals surface area contributed by atoms with Gasteiger partial charge in [-0.25, -0.2) is 0 Å². The van der Waals surface area contributed by atoms with Crippen molar-refractivity contribution in [2.24, 2.45) is 17.8 Å². The molecule has 0 aromatic heterocycles. The fourth-order valence-electron chi connectivity index (χ4n) is 11.1. The minimum Gasteiger partial charge on any atom is -0.393 e. The maximum atomic E-state index is 10.2. The molecule has 10 rings (SSSR count). The van der Waals surface area contributed by atoms with Crippen LogP contribution in [-0.2, 0) is 34.1 Å². The van der Waals surface area contributed by atoms with Crippen LogP contribution in [0.2, 0.25) is 0 Å². The SMILES string of the molecule is C.C.C1CCCC1.CC(C)C1CCCC1P(c1ccccc1)c1ccccc1.C[C@@H](O)C1CCCC1P(c1ccccc1)c1ccccc1.[CH3-].[CH3-].[CH3-].[CH3-].[Fe+2].[Fe+2].c1ccc(P(c2ccccc2)C2CCCC2)cc1. The molecule has 6 heteroatoms. The van der Waals surface area contributed by atoms with Gasteiger partial charge >= 0.3 is 34.1 Å². The third kappa shape index (κ3) is 21.5. The maximum Gasteiger partial charge on any atom is 2.00 e. The Kier molecular flexibility index (Phi) is 39.7. The van der Waals surface area contributed by atoms with Gasteiger partial charge in [0.05, 0.1) is 6.10 Å². The molecule has 0 radical (unpaired) electrons. The Balaban J connectivity index is 0. The molecule has 73 heavy (non-hydrogen) atoms. The summed E-state index contributed by atoms with van der Waals surface area (Å²) in [7, 11) is -0.760. The number of benzene rings is 6. The van der Waals surface area contributed by atoms with Gasteiger partial charge in [-0.2, -0.15) is 0 Å². The minimum atomic E-state index is -0.384. The molecule has 6 aromatic carbocycles. The van der Waals surface area contributed by atoms with Gasteiger partial charge < -0.3 is 34.8 Å². The van der Waals surface area contributed by atoms with Crippen molar-refractivity contribution in [3.05, 3.63) is 212 Å². The summed E-state index contributed by atoms with van der Waals surface area (Å²) < 4.78 is 0. The summed E-state index contributed by atoms with van der Waals surface area (Å²) >= 11 is 0. The average molecular weight is 1120 g/mol. The number of hydrogen-bond acceptors (Lipinski definition) is 1. The van der Waals surface area contributed by atoms with Gasteiger partial charge in [0.25, 0.3) is 0 Å². The van der Waals surface area contributed by atoms with Crippen molar-refractivity contribution in [1.29, 1.82) is 0 Å². The third-order valence-electron chi connectivity index (χ3n) is 14.3. The van der Waals surface area contributed by atoms with Gasteiger partial charge in [-0.15, -0.1) is 0 Å². The Hall–Kier alpha value is -2.39. The summed E-state index contributed by atoms with van der Waals surface area (Å²) in [5.74, 6) is 2.13. The number of aliphatic hydroxyl groups excluding tert-OH is 1. The van der Waals surface area contributed by atoms with Crippen LogP contribution in [0.25, 0.3) is 0 Å². The molecule has 0 saturated heterocycles. The molecule has 1 N–H and O–H groups in total. The molecule has 0 amide bonds. The molecule has 1 nitrogen and oxygen atoms in total. The summed E-state index contributed by atoms with van der Waals surface area (Å²) in [5, 5.41) is 19.3. The Morgan fingerprint density at radius 3 is 0.836 bits per heavy atom. The number of aliphatic hydroxyl groups is 1. The van der Waals surface area contributed by atoms with Crippen molar-refractivity contribution < 1.29 is 39.2 Å². The smallest absolute Gasteiger partial charge is 0.393 e. The zero-order valence-electron chi connectivity index (χ0n) is 44.5. The molecule has 0 spiro atoms. The van der Waals surface area contributed by atoms with Crippen LogP contribution in [0, 0.1) is 47.5 Å². The second-order valence-corrected chi connectivity index (χ2v) is 26.5. The van der Waals surface area contributed by atoms with E-state index in [-0.39, 0.29) is 109 Å². The summed E-state index contributed by atoms with van der Waals surface area (Å²) in [6.45, 7) is 6.78. The first-order valence-corrected chi connectivity index (χ1v) is 29.6. The topological polar surface area (TPSA) is 20.2 Å². The molecule has 0 aliphatic heterocycles. The molecule has 0 bridgehead atoms. The summed E-state index contributed by atoms with van der Waals surface area (Å²) in [6.07, 6.45) is 20.8. The first kappa shape index (κ1) is 72.7. The van der Waals surface area contributed by atoms with E-state index in [9.17, 15) is 5.11 Å². The van der Waals surface area contributed by atoms with Gasteiger partial charge in [0.15, 0.2) is 0 Å². The van der Waals surface area contributed by atoms with Crippen molar-refractivity contribution in [2.45, 2.75) is 155 Å². The zero-order chi connectivity index (χ0) is 45.1. The Bertz CT molecular complexity index is 1920. The number of rotatable bonds is 11. The van der Waals surface area contributed by atoms with E-state index in [0.717, 1.165) is 23.2 Å². The van der Waals surface area contributed by atoms with Crippen LogP contribution < -0.4 is 31.8 Å². The monoisotopic (exact) mass is 1120 g/mol. The molecule has 5 atom stereocenters. The van der Waals surface area contributed by atoms with Crippen LogP contribution in [0.4, 0.5) is 0 Å². The molecule has 402 valence electrons. The van der Waals surface area contributed by atoms with E-state index in [1.54, 1.807) is 21.2 Å². The summed E-state index contributed by atoms with van der Waals surface area (Å²) in [4.78, 5) is 0. The number of hydrogen-bond donors (Lipinski definition) is 1. The maximum absolute atomic E-state index is 10.2. The standard InChI is InChI=1S/C20H25P.C19H23OP.C17H19P.C5H10.2CH4.4CH3.2Fe/c1-16(2)19-14-9-15-20(19)21(17-10-5-3-6-11-17)18-12-7-4-8-13-18;1-15(20)18-13-8-14-19(18)21(16-9-4-2-5-10-16)17-11-6-3-7-12-17;1-3-9-15(10-4-1)18(17-13-7-8-14-17)16-11-5-2-6-12-16;1-2-4-5-3-1;;;;;;;;/h3-8,10-13,16,19-20H,9,14-15H2,1-2H3;2-7,9-12,15,18-20H,8,13-14H2,1H3;1-6,9-12,17H,7-8,13-14H2;1-5H2;2*1H4;4*1H3;;/q;;;;;;4*-1;2*+2/t;15-,18?,19?;;;;;;;;;;/m.1........../s1. The van der Waals surface area contributed by atoms with E-state index in [1.807, 2.05) is 6.92 Å². The zero-order valence-corrected chi connectivity index (χ0v) is 49.4. The Morgan fingerprint density at radius 1 is 0.329 bits per heavy atom. The van der Waals surface area contributed by atoms with Gasteiger partial charge in [-0.3, -0.25) is 0 Å². The molecular formula is C67H97Fe2OP3. The third-order valence-corrected chi connectivity index (χ3v) is 23.3. The predicted molar refractivity (Wildman–Crippen MR) is 330 cm³/mol. The van der Waals surface area contributed by atoms with E-state index in [2.05, 4.69) is 196 Å². The van der Waals surface area contributed by atoms with E-state index < -0.39 is 0 Å². The van der Waals surface area contributed by atoms with Gasteiger partial charge in [0.2, 0.25) is 0 Å². The van der Waals surface area contributed by atoms with E-state index in [4.69, 9.17) is 0 Å². The van der Waals surface area contributed by atoms with Crippen LogP contribution in [0.3, 0.4) is 0 Å². The Labute approximate surface area is 476 Å². The van der Waals surface area contributed by atoms with Crippen molar-refractivity contribution in [1.82, 2.24) is 0 Å². The van der Waals surface area contributed by atoms with Crippen molar-refractivity contribution in [3.8, 4) is 0 Å². The van der Waals surface area contributed by atoms with Crippen LogP contribution in [0.5, 0.6) is 0 Å². The summed E-state index contributed by atoms with van der Waals surface area (Å²) in [6, 6.07) is 66.5. The van der Waals surface area contributed by atoms with E-state index in [1.165, 1.54) is 107 Å². The molecule has 4 saturated carbocycles. The van der Waals surface area contributed by atoms with Crippen molar-refractivity contribution in [2.75, 3.05) is 0 Å². The first-order valence-electron chi connectivity index (χ1n) is 25.4. The second kappa shape index (κ2) is 39.9. The molecule has 4 unspecified atom stereocenters. The molecular weight excluding hydrogens is 1030 g/mol.